The van der Waals surface area contributed by atoms with E-state index in [-0.39, 0.29) is 6.54 Å². The van der Waals surface area contributed by atoms with Crippen molar-refractivity contribution < 1.29 is 23.5 Å². The maximum absolute atomic E-state index is 14.0. The van der Waals surface area contributed by atoms with Crippen LogP contribution in [0.3, 0.4) is 0 Å². The molecule has 25 heavy (non-hydrogen) atoms. The molecular formula is C16H24F2N4O3. The van der Waals surface area contributed by atoms with Gasteiger partial charge in [0.15, 0.2) is 0 Å². The van der Waals surface area contributed by atoms with E-state index >= 15 is 0 Å². The first kappa shape index (κ1) is 19.5. The zero-order valence-corrected chi connectivity index (χ0v) is 15.0. The molecule has 1 aromatic heterocycles. The van der Waals surface area contributed by atoms with Crippen LogP contribution in [0.25, 0.3) is 0 Å². The van der Waals surface area contributed by atoms with Gasteiger partial charge in [0.25, 0.3) is 5.92 Å². The molecule has 0 aliphatic carbocycles. The third-order valence-corrected chi connectivity index (χ3v) is 3.97. The Morgan fingerprint density at radius 1 is 1.40 bits per heavy atom. The quantitative estimate of drug-likeness (QED) is 0.875. The lowest BCUT2D eigenvalue weighted by Crippen LogP contribution is -2.61. The number of hydrogen-bond donors (Lipinski definition) is 1. The molecule has 1 amide bonds. The fourth-order valence-corrected chi connectivity index (χ4v) is 2.83. The van der Waals surface area contributed by atoms with Gasteiger partial charge in [-0.2, -0.15) is 0 Å². The average molecular weight is 358 g/mol. The zero-order valence-electron chi connectivity index (χ0n) is 15.0. The van der Waals surface area contributed by atoms with Crippen molar-refractivity contribution in [2.75, 3.05) is 18.0 Å². The number of carbonyl (C=O) groups excluding carboxylic acids is 1. The van der Waals surface area contributed by atoms with Crippen molar-refractivity contribution >= 4 is 11.9 Å². The summed E-state index contributed by atoms with van der Waals surface area (Å²) in [6.07, 6.45) is 0.128. The molecule has 2 rings (SSSR count). The van der Waals surface area contributed by atoms with Gasteiger partial charge in [-0.1, -0.05) is 13.8 Å². The van der Waals surface area contributed by atoms with Crippen molar-refractivity contribution in [3.8, 4) is 0 Å². The summed E-state index contributed by atoms with van der Waals surface area (Å²) in [4.78, 5) is 27.0. The Balaban J connectivity index is 2.22. The van der Waals surface area contributed by atoms with Crippen molar-refractivity contribution in [1.82, 2.24) is 15.0 Å². The number of rotatable bonds is 2. The highest BCUT2D eigenvalue weighted by Gasteiger charge is 2.54. The number of aliphatic hydroxyl groups excluding tert-OH is 1. The van der Waals surface area contributed by atoms with Crippen molar-refractivity contribution in [3.63, 3.8) is 0 Å². The fourth-order valence-electron chi connectivity index (χ4n) is 2.83. The molecule has 7 nitrogen and oxygen atoms in total. The standard InChI is InChI=1S/C16H24F2N4O3/c1-14(2,3)22(11-6-7-19-10-20-11)13(24)25-21-8-15(4,5)12(23)16(17,18)9-21/h6-7,10,12,23H,8-9H2,1-5H3. The van der Waals surface area contributed by atoms with E-state index in [0.717, 1.165) is 5.06 Å². The molecule has 0 bridgehead atoms. The first-order valence-corrected chi connectivity index (χ1v) is 7.93. The topological polar surface area (TPSA) is 78.8 Å². The van der Waals surface area contributed by atoms with Gasteiger partial charge in [0, 0.05) is 23.7 Å². The Morgan fingerprint density at radius 3 is 2.52 bits per heavy atom. The summed E-state index contributed by atoms with van der Waals surface area (Å²) in [5.74, 6) is -3.08. The molecule has 0 radical (unpaired) electrons. The van der Waals surface area contributed by atoms with Crippen LogP contribution >= 0.6 is 0 Å². The van der Waals surface area contributed by atoms with E-state index in [1.54, 1.807) is 20.8 Å². The van der Waals surface area contributed by atoms with E-state index in [9.17, 15) is 18.7 Å². The normalized spacial score (nSPS) is 23.1. The second-order valence-electron chi connectivity index (χ2n) is 7.88. The number of anilines is 1. The minimum absolute atomic E-state index is 0.0166. The zero-order chi connectivity index (χ0) is 19.0. The molecule has 0 saturated carbocycles. The molecule has 1 N–H and O–H groups in total. The van der Waals surface area contributed by atoms with Gasteiger partial charge < -0.3 is 9.94 Å². The number of halogens is 2. The second-order valence-corrected chi connectivity index (χ2v) is 7.88. The number of piperidine rings is 1. The molecule has 1 fully saturated rings. The van der Waals surface area contributed by atoms with E-state index < -0.39 is 35.6 Å². The molecule has 1 aliphatic heterocycles. The number of aliphatic hydroxyl groups is 1. The van der Waals surface area contributed by atoms with Crippen LogP contribution in [0.4, 0.5) is 19.4 Å². The van der Waals surface area contributed by atoms with E-state index in [4.69, 9.17) is 4.84 Å². The summed E-state index contributed by atoms with van der Waals surface area (Å²) >= 11 is 0. The lowest BCUT2D eigenvalue weighted by atomic mass is 9.80. The lowest BCUT2D eigenvalue weighted by Gasteiger charge is -2.45. The number of hydrogen-bond acceptors (Lipinski definition) is 6. The van der Waals surface area contributed by atoms with Crippen LogP contribution in [0.1, 0.15) is 34.6 Å². The summed E-state index contributed by atoms with van der Waals surface area (Å²) in [5.41, 5.74) is -1.83. The minimum atomic E-state index is -3.39. The highest BCUT2D eigenvalue weighted by molar-refractivity contribution is 5.87. The van der Waals surface area contributed by atoms with Crippen LogP contribution in [-0.2, 0) is 4.84 Å². The fraction of sp³-hybridized carbons (Fsp3) is 0.688. The maximum atomic E-state index is 14.0. The maximum Gasteiger partial charge on any atom is 0.435 e. The third kappa shape index (κ3) is 4.21. The Hall–Kier alpha value is -1.87. The number of carbonyl (C=O) groups is 1. The predicted octanol–water partition coefficient (Wildman–Crippen LogP) is 2.47. The lowest BCUT2D eigenvalue weighted by molar-refractivity contribution is -0.259. The van der Waals surface area contributed by atoms with Crippen LogP contribution < -0.4 is 4.90 Å². The van der Waals surface area contributed by atoms with E-state index in [1.165, 1.54) is 37.3 Å². The highest BCUT2D eigenvalue weighted by atomic mass is 19.3. The second kappa shape index (κ2) is 6.45. The van der Waals surface area contributed by atoms with Crippen LogP contribution in [-0.4, -0.2) is 56.9 Å². The average Bonchev–Trinajstić information content (AvgIpc) is 2.43. The van der Waals surface area contributed by atoms with Crippen molar-refractivity contribution in [2.24, 2.45) is 5.41 Å². The first-order valence-electron chi connectivity index (χ1n) is 7.93. The van der Waals surface area contributed by atoms with Crippen LogP contribution in [0.15, 0.2) is 18.6 Å². The van der Waals surface area contributed by atoms with E-state index in [0.29, 0.717) is 5.82 Å². The summed E-state index contributed by atoms with van der Waals surface area (Å²) in [6.45, 7) is 7.43. The minimum Gasteiger partial charge on any atom is -0.386 e. The molecular weight excluding hydrogens is 334 g/mol. The molecule has 2 heterocycles. The molecule has 140 valence electrons. The number of amides is 1. The monoisotopic (exact) mass is 358 g/mol. The first-order chi connectivity index (χ1) is 11.3. The van der Waals surface area contributed by atoms with Gasteiger partial charge in [-0.15, -0.1) is 5.06 Å². The van der Waals surface area contributed by atoms with Gasteiger partial charge in [-0.3, -0.25) is 4.90 Å². The number of aromatic nitrogens is 2. The molecule has 0 aromatic carbocycles. The van der Waals surface area contributed by atoms with Crippen molar-refractivity contribution in [1.29, 1.82) is 0 Å². The number of nitrogens with zero attached hydrogens (tertiary/aromatic N) is 4. The van der Waals surface area contributed by atoms with Crippen LogP contribution in [0, 0.1) is 5.41 Å². The highest BCUT2D eigenvalue weighted by Crippen LogP contribution is 2.39. The van der Waals surface area contributed by atoms with Gasteiger partial charge in [-0.05, 0) is 26.8 Å². The molecule has 1 atom stereocenters. The van der Waals surface area contributed by atoms with E-state index in [1.807, 2.05) is 0 Å². The Kier molecular flexibility index (Phi) is 5.02. The molecule has 1 unspecified atom stereocenters. The van der Waals surface area contributed by atoms with Gasteiger partial charge >= 0.3 is 6.09 Å². The van der Waals surface area contributed by atoms with Crippen LogP contribution in [0.5, 0.6) is 0 Å². The smallest absolute Gasteiger partial charge is 0.386 e. The Morgan fingerprint density at radius 2 is 2.04 bits per heavy atom. The predicted molar refractivity (Wildman–Crippen MR) is 87.1 cm³/mol. The van der Waals surface area contributed by atoms with Crippen LogP contribution in [0.2, 0.25) is 0 Å². The Labute approximate surface area is 145 Å². The number of alkyl halides is 2. The van der Waals surface area contributed by atoms with Crippen molar-refractivity contribution in [2.45, 2.75) is 52.2 Å². The SMILES string of the molecule is CC1(C)CN(OC(=O)N(c2ccncn2)C(C)(C)C)CC(F)(F)C1O. The van der Waals surface area contributed by atoms with Gasteiger partial charge in [0.05, 0.1) is 0 Å². The largest absolute Gasteiger partial charge is 0.435 e. The molecule has 9 heteroatoms. The van der Waals surface area contributed by atoms with Gasteiger partial charge in [0.2, 0.25) is 0 Å². The molecule has 1 aliphatic rings. The summed E-state index contributed by atoms with van der Waals surface area (Å²) in [5, 5.41) is 10.7. The van der Waals surface area contributed by atoms with Gasteiger partial charge in [0.1, 0.15) is 24.8 Å². The van der Waals surface area contributed by atoms with E-state index in [2.05, 4.69) is 9.97 Å². The third-order valence-electron chi connectivity index (χ3n) is 3.97. The van der Waals surface area contributed by atoms with Crippen molar-refractivity contribution in [3.05, 3.63) is 18.6 Å². The molecule has 1 saturated heterocycles. The Bertz CT molecular complexity index is 602. The molecule has 0 spiro atoms. The summed E-state index contributed by atoms with van der Waals surface area (Å²) in [7, 11) is 0. The van der Waals surface area contributed by atoms with Gasteiger partial charge in [-0.25, -0.2) is 23.5 Å². The molecule has 1 aromatic rings. The summed E-state index contributed by atoms with van der Waals surface area (Å²) < 4.78 is 28.1. The number of hydroxylamine groups is 2. The summed E-state index contributed by atoms with van der Waals surface area (Å²) in [6, 6.07) is 1.53.